The first-order valence-corrected chi connectivity index (χ1v) is 5.78. The molecule has 0 spiro atoms. The van der Waals surface area contributed by atoms with E-state index in [-0.39, 0.29) is 11.1 Å². The molecule has 104 valence electrons. The van der Waals surface area contributed by atoms with Gasteiger partial charge in [0.2, 0.25) is 0 Å². The monoisotopic (exact) mass is 282 g/mol. The van der Waals surface area contributed by atoms with Gasteiger partial charge in [-0.05, 0) is 37.1 Å². The van der Waals surface area contributed by atoms with Crippen LogP contribution in [0.4, 0.5) is 17.6 Å². The van der Waals surface area contributed by atoms with Crippen molar-refractivity contribution in [3.8, 4) is 0 Å². The second kappa shape index (κ2) is 5.07. The molecule has 1 nitrogen and oxygen atoms in total. The largest absolute Gasteiger partial charge is 0.288 e. The van der Waals surface area contributed by atoms with Gasteiger partial charge in [-0.25, -0.2) is 17.6 Å². The van der Waals surface area contributed by atoms with Crippen LogP contribution in [-0.4, -0.2) is 5.78 Å². The molecule has 2 rings (SSSR count). The van der Waals surface area contributed by atoms with Crippen molar-refractivity contribution in [2.24, 2.45) is 0 Å². The van der Waals surface area contributed by atoms with E-state index in [1.54, 1.807) is 0 Å². The molecule has 0 radical (unpaired) electrons. The van der Waals surface area contributed by atoms with E-state index in [4.69, 9.17) is 0 Å². The van der Waals surface area contributed by atoms with E-state index in [0.717, 1.165) is 12.1 Å². The van der Waals surface area contributed by atoms with E-state index in [9.17, 15) is 22.4 Å². The molecule has 0 saturated heterocycles. The van der Waals surface area contributed by atoms with Gasteiger partial charge in [0.05, 0.1) is 11.1 Å². The Morgan fingerprint density at radius 3 is 2.10 bits per heavy atom. The molecule has 2 aromatic carbocycles. The van der Waals surface area contributed by atoms with Crippen LogP contribution in [0.15, 0.2) is 24.3 Å². The fourth-order valence-electron chi connectivity index (χ4n) is 1.80. The van der Waals surface area contributed by atoms with Crippen LogP contribution in [0, 0.1) is 37.1 Å². The Balaban J connectivity index is 2.58. The van der Waals surface area contributed by atoms with Crippen LogP contribution < -0.4 is 0 Å². The summed E-state index contributed by atoms with van der Waals surface area (Å²) in [5.41, 5.74) is -0.999. The first kappa shape index (κ1) is 14.2. The van der Waals surface area contributed by atoms with Crippen LogP contribution >= 0.6 is 0 Å². The third-order valence-electron chi connectivity index (χ3n) is 3.01. The topological polar surface area (TPSA) is 17.1 Å². The molecule has 0 aliphatic rings. The minimum absolute atomic E-state index is 0.0369. The second-order valence-corrected chi connectivity index (χ2v) is 4.47. The van der Waals surface area contributed by atoms with Crippen molar-refractivity contribution in [2.45, 2.75) is 13.8 Å². The highest BCUT2D eigenvalue weighted by Gasteiger charge is 2.22. The molecule has 0 atom stereocenters. The first-order chi connectivity index (χ1) is 9.32. The van der Waals surface area contributed by atoms with Gasteiger partial charge in [-0.3, -0.25) is 4.79 Å². The molecule has 20 heavy (non-hydrogen) atoms. The van der Waals surface area contributed by atoms with Crippen molar-refractivity contribution in [1.82, 2.24) is 0 Å². The lowest BCUT2D eigenvalue weighted by Crippen LogP contribution is -2.10. The molecule has 0 fully saturated rings. The Kier molecular flexibility index (Phi) is 3.61. The highest BCUT2D eigenvalue weighted by Crippen LogP contribution is 2.22. The summed E-state index contributed by atoms with van der Waals surface area (Å²) >= 11 is 0. The Bertz CT molecular complexity index is 704. The first-order valence-electron chi connectivity index (χ1n) is 5.78. The van der Waals surface area contributed by atoms with Crippen LogP contribution in [0.1, 0.15) is 27.0 Å². The zero-order chi connectivity index (χ0) is 15.0. The maximum absolute atomic E-state index is 13.7. The summed E-state index contributed by atoms with van der Waals surface area (Å²) in [6, 6.07) is 3.82. The van der Waals surface area contributed by atoms with Gasteiger partial charge in [0.25, 0.3) is 0 Å². The predicted octanol–water partition coefficient (Wildman–Crippen LogP) is 4.09. The van der Waals surface area contributed by atoms with Gasteiger partial charge in [0.15, 0.2) is 17.4 Å². The second-order valence-electron chi connectivity index (χ2n) is 4.47. The van der Waals surface area contributed by atoms with Gasteiger partial charge in [-0.1, -0.05) is 6.07 Å². The highest BCUT2D eigenvalue weighted by molar-refractivity contribution is 6.09. The zero-order valence-electron chi connectivity index (χ0n) is 10.7. The van der Waals surface area contributed by atoms with Crippen LogP contribution in [0.5, 0.6) is 0 Å². The third-order valence-corrected chi connectivity index (χ3v) is 3.01. The fraction of sp³-hybridized carbons (Fsp3) is 0.133. The molecule has 0 heterocycles. The van der Waals surface area contributed by atoms with Crippen molar-refractivity contribution in [1.29, 1.82) is 0 Å². The molecule has 0 N–H and O–H groups in total. The quantitative estimate of drug-likeness (QED) is 0.599. The summed E-state index contributed by atoms with van der Waals surface area (Å²) in [7, 11) is 0. The van der Waals surface area contributed by atoms with E-state index in [1.165, 1.54) is 19.9 Å². The van der Waals surface area contributed by atoms with Crippen molar-refractivity contribution >= 4 is 5.78 Å². The number of carbonyl (C=O) groups excluding carboxylic acids is 1. The number of hydrogen-bond donors (Lipinski definition) is 0. The molecular weight excluding hydrogens is 272 g/mol. The van der Waals surface area contributed by atoms with Crippen molar-refractivity contribution in [2.75, 3.05) is 0 Å². The minimum atomic E-state index is -1.34. The summed E-state index contributed by atoms with van der Waals surface area (Å²) < 4.78 is 53.9. The van der Waals surface area contributed by atoms with Gasteiger partial charge >= 0.3 is 0 Å². The summed E-state index contributed by atoms with van der Waals surface area (Å²) in [6.45, 7) is 2.69. The molecule has 0 amide bonds. The number of carbonyl (C=O) groups is 1. The summed E-state index contributed by atoms with van der Waals surface area (Å²) in [5, 5.41) is 0. The molecular formula is C15H10F4O. The summed E-state index contributed by atoms with van der Waals surface area (Å²) in [5.74, 6) is -5.44. The van der Waals surface area contributed by atoms with Crippen LogP contribution in [0.25, 0.3) is 0 Å². The lowest BCUT2D eigenvalue weighted by Gasteiger charge is -2.07. The van der Waals surface area contributed by atoms with Crippen molar-refractivity contribution in [3.63, 3.8) is 0 Å². The van der Waals surface area contributed by atoms with E-state index in [1.807, 2.05) is 0 Å². The average Bonchev–Trinajstić information content (AvgIpc) is 2.40. The molecule has 0 aliphatic heterocycles. The zero-order valence-corrected chi connectivity index (χ0v) is 10.7. The van der Waals surface area contributed by atoms with Gasteiger partial charge in [0.1, 0.15) is 11.6 Å². The molecule has 0 unspecified atom stereocenters. The molecule has 0 saturated carbocycles. The van der Waals surface area contributed by atoms with Crippen molar-refractivity contribution < 1.29 is 22.4 Å². The third kappa shape index (κ3) is 2.31. The molecule has 0 aromatic heterocycles. The lowest BCUT2D eigenvalue weighted by atomic mass is 9.99. The number of hydrogen-bond acceptors (Lipinski definition) is 1. The maximum atomic E-state index is 13.7. The smallest absolute Gasteiger partial charge is 0.199 e. The van der Waals surface area contributed by atoms with Crippen LogP contribution in [0.2, 0.25) is 0 Å². The van der Waals surface area contributed by atoms with Gasteiger partial charge < -0.3 is 0 Å². The van der Waals surface area contributed by atoms with Gasteiger partial charge in [0, 0.05) is 6.07 Å². The van der Waals surface area contributed by atoms with Crippen LogP contribution in [-0.2, 0) is 0 Å². The van der Waals surface area contributed by atoms with E-state index < -0.39 is 40.2 Å². The van der Waals surface area contributed by atoms with Crippen LogP contribution in [0.3, 0.4) is 0 Å². The summed E-state index contributed by atoms with van der Waals surface area (Å²) in [6.07, 6.45) is 0. The number of aryl methyl sites for hydroxylation is 2. The number of ketones is 1. The Morgan fingerprint density at radius 1 is 0.800 bits per heavy atom. The number of rotatable bonds is 2. The molecule has 0 aliphatic carbocycles. The van der Waals surface area contributed by atoms with Gasteiger partial charge in [-0.15, -0.1) is 0 Å². The Labute approximate surface area is 112 Å². The Morgan fingerprint density at radius 2 is 1.45 bits per heavy atom. The normalized spacial score (nSPS) is 10.7. The summed E-state index contributed by atoms with van der Waals surface area (Å²) in [4.78, 5) is 12.0. The lowest BCUT2D eigenvalue weighted by molar-refractivity contribution is 0.103. The predicted molar refractivity (Wildman–Crippen MR) is 65.6 cm³/mol. The fourth-order valence-corrected chi connectivity index (χ4v) is 1.80. The Hall–Kier alpha value is -2.17. The standard InChI is InChI=1S/C15H10F4O/c1-7-3-4-9(14(19)13(7)18)15(20)10-5-8(2)11(16)6-12(10)17/h3-6H,1-2H3. The maximum Gasteiger partial charge on any atom is 0.199 e. The molecule has 0 bridgehead atoms. The van der Waals surface area contributed by atoms with E-state index in [2.05, 4.69) is 0 Å². The number of benzene rings is 2. The van der Waals surface area contributed by atoms with E-state index >= 15 is 0 Å². The van der Waals surface area contributed by atoms with E-state index in [0.29, 0.717) is 6.07 Å². The van der Waals surface area contributed by atoms with Crippen molar-refractivity contribution in [3.05, 3.63) is 69.8 Å². The molecule has 5 heteroatoms. The minimum Gasteiger partial charge on any atom is -0.288 e. The number of halogens is 4. The van der Waals surface area contributed by atoms with Gasteiger partial charge in [-0.2, -0.15) is 0 Å². The molecule has 2 aromatic rings. The SMILES string of the molecule is Cc1cc(C(=O)c2ccc(C)c(F)c2F)c(F)cc1F. The highest BCUT2D eigenvalue weighted by atomic mass is 19.2. The average molecular weight is 282 g/mol.